The highest BCUT2D eigenvalue weighted by molar-refractivity contribution is 4.81. The summed E-state index contributed by atoms with van der Waals surface area (Å²) < 4.78 is 36.5. The summed E-state index contributed by atoms with van der Waals surface area (Å²) >= 11 is 0. The summed E-state index contributed by atoms with van der Waals surface area (Å²) in [6, 6.07) is 0.710. The van der Waals surface area contributed by atoms with E-state index in [1.807, 2.05) is 0 Å². The molecular formula is C11H20F3N3. The molecule has 3 nitrogen and oxygen atoms in total. The molecule has 2 fully saturated rings. The third-order valence-corrected chi connectivity index (χ3v) is 3.31. The van der Waals surface area contributed by atoms with Gasteiger partial charge in [0.1, 0.15) is 0 Å². The van der Waals surface area contributed by atoms with Gasteiger partial charge in [0.05, 0.1) is 6.54 Å². The van der Waals surface area contributed by atoms with E-state index in [9.17, 15) is 13.2 Å². The maximum absolute atomic E-state index is 12.2. The number of alkyl halides is 3. The molecule has 1 saturated heterocycles. The zero-order valence-electron chi connectivity index (χ0n) is 9.97. The molecule has 0 atom stereocenters. The van der Waals surface area contributed by atoms with Crippen molar-refractivity contribution in [1.82, 2.24) is 15.1 Å². The summed E-state index contributed by atoms with van der Waals surface area (Å²) in [7, 11) is 0. The number of hydrogen-bond acceptors (Lipinski definition) is 3. The van der Waals surface area contributed by atoms with E-state index in [2.05, 4.69) is 10.2 Å². The van der Waals surface area contributed by atoms with Crippen LogP contribution in [0.15, 0.2) is 0 Å². The Labute approximate surface area is 99.9 Å². The topological polar surface area (TPSA) is 18.5 Å². The van der Waals surface area contributed by atoms with Gasteiger partial charge in [-0.05, 0) is 12.8 Å². The summed E-state index contributed by atoms with van der Waals surface area (Å²) in [6.45, 7) is 3.72. The van der Waals surface area contributed by atoms with Gasteiger partial charge in [-0.3, -0.25) is 9.80 Å². The van der Waals surface area contributed by atoms with Gasteiger partial charge >= 0.3 is 6.18 Å². The smallest absolute Gasteiger partial charge is 0.313 e. The van der Waals surface area contributed by atoms with E-state index < -0.39 is 12.7 Å². The lowest BCUT2D eigenvalue weighted by atomic mass is 10.3. The number of nitrogens with one attached hydrogen (secondary N) is 1. The highest BCUT2D eigenvalue weighted by Crippen LogP contribution is 2.18. The van der Waals surface area contributed by atoms with Crippen LogP contribution in [0.1, 0.15) is 12.8 Å². The Morgan fingerprint density at radius 3 is 2.12 bits per heavy atom. The molecule has 100 valence electrons. The summed E-state index contributed by atoms with van der Waals surface area (Å²) in [5.74, 6) is 0. The normalized spacial score (nSPS) is 24.2. The van der Waals surface area contributed by atoms with Crippen LogP contribution in [0.2, 0.25) is 0 Å². The molecule has 0 bridgehead atoms. The van der Waals surface area contributed by atoms with Crippen LogP contribution < -0.4 is 5.32 Å². The van der Waals surface area contributed by atoms with Gasteiger partial charge < -0.3 is 5.32 Å². The quantitative estimate of drug-likeness (QED) is 0.784. The second kappa shape index (κ2) is 5.54. The van der Waals surface area contributed by atoms with E-state index in [1.54, 1.807) is 0 Å². The third-order valence-electron chi connectivity index (χ3n) is 3.31. The average molecular weight is 251 g/mol. The van der Waals surface area contributed by atoms with E-state index in [4.69, 9.17) is 0 Å². The van der Waals surface area contributed by atoms with Crippen LogP contribution in [0.25, 0.3) is 0 Å². The van der Waals surface area contributed by atoms with Crippen molar-refractivity contribution in [2.45, 2.75) is 25.1 Å². The van der Waals surface area contributed by atoms with Gasteiger partial charge in [-0.15, -0.1) is 0 Å². The van der Waals surface area contributed by atoms with Crippen molar-refractivity contribution in [3.63, 3.8) is 0 Å². The SMILES string of the molecule is FC(F)(F)CN1CCN(CCNC2CC2)CC1. The van der Waals surface area contributed by atoms with Gasteiger partial charge in [0, 0.05) is 45.3 Å². The molecule has 0 amide bonds. The van der Waals surface area contributed by atoms with Crippen molar-refractivity contribution >= 4 is 0 Å². The first-order valence-corrected chi connectivity index (χ1v) is 6.28. The molecule has 1 N–H and O–H groups in total. The van der Waals surface area contributed by atoms with E-state index in [0.717, 1.165) is 26.2 Å². The minimum Gasteiger partial charge on any atom is -0.313 e. The lowest BCUT2D eigenvalue weighted by Gasteiger charge is -2.34. The number of hydrogen-bond donors (Lipinski definition) is 1. The molecule has 1 heterocycles. The molecular weight excluding hydrogens is 231 g/mol. The lowest BCUT2D eigenvalue weighted by Crippen LogP contribution is -2.50. The van der Waals surface area contributed by atoms with Crippen LogP contribution in [0.3, 0.4) is 0 Å². The summed E-state index contributed by atoms with van der Waals surface area (Å²) in [5.41, 5.74) is 0. The minimum absolute atomic E-state index is 0.531. The maximum Gasteiger partial charge on any atom is 0.401 e. The maximum atomic E-state index is 12.2. The van der Waals surface area contributed by atoms with Crippen molar-refractivity contribution in [3.05, 3.63) is 0 Å². The molecule has 0 unspecified atom stereocenters. The molecule has 0 spiro atoms. The molecule has 0 radical (unpaired) electrons. The zero-order chi connectivity index (χ0) is 12.3. The van der Waals surface area contributed by atoms with Crippen LogP contribution in [0.4, 0.5) is 13.2 Å². The molecule has 1 saturated carbocycles. The predicted octanol–water partition coefficient (Wildman–Crippen LogP) is 0.918. The number of rotatable bonds is 5. The fourth-order valence-corrected chi connectivity index (χ4v) is 2.14. The number of halogens is 3. The fourth-order valence-electron chi connectivity index (χ4n) is 2.14. The Morgan fingerprint density at radius 1 is 1.00 bits per heavy atom. The van der Waals surface area contributed by atoms with Gasteiger partial charge in [-0.2, -0.15) is 13.2 Å². The summed E-state index contributed by atoms with van der Waals surface area (Å²) in [4.78, 5) is 3.73. The first-order chi connectivity index (χ1) is 8.03. The molecule has 0 aromatic carbocycles. The van der Waals surface area contributed by atoms with Gasteiger partial charge in [0.25, 0.3) is 0 Å². The number of nitrogens with zero attached hydrogens (tertiary/aromatic N) is 2. The standard InChI is InChI=1S/C11H20F3N3/c12-11(13,14)9-17-7-5-16(6-8-17)4-3-15-10-1-2-10/h10,15H,1-9H2. The minimum atomic E-state index is -4.06. The lowest BCUT2D eigenvalue weighted by molar-refractivity contribution is -0.149. The summed E-state index contributed by atoms with van der Waals surface area (Å²) in [5, 5.41) is 3.42. The van der Waals surface area contributed by atoms with E-state index >= 15 is 0 Å². The van der Waals surface area contributed by atoms with Crippen LogP contribution in [0, 0.1) is 0 Å². The fraction of sp³-hybridized carbons (Fsp3) is 1.00. The van der Waals surface area contributed by atoms with E-state index in [0.29, 0.717) is 19.1 Å². The molecule has 1 aliphatic heterocycles. The Kier molecular flexibility index (Phi) is 4.27. The van der Waals surface area contributed by atoms with Crippen molar-refractivity contribution in [2.75, 3.05) is 45.8 Å². The van der Waals surface area contributed by atoms with Crippen LogP contribution in [-0.2, 0) is 0 Å². The van der Waals surface area contributed by atoms with Crippen molar-refractivity contribution in [1.29, 1.82) is 0 Å². The highest BCUT2D eigenvalue weighted by Gasteiger charge is 2.32. The van der Waals surface area contributed by atoms with Gasteiger partial charge in [0.15, 0.2) is 0 Å². The van der Waals surface area contributed by atoms with Crippen molar-refractivity contribution in [2.24, 2.45) is 0 Å². The van der Waals surface area contributed by atoms with Crippen molar-refractivity contribution in [3.8, 4) is 0 Å². The van der Waals surface area contributed by atoms with Gasteiger partial charge in [0.2, 0.25) is 0 Å². The summed E-state index contributed by atoms with van der Waals surface area (Å²) in [6.07, 6.45) is -1.51. The Balaban J connectivity index is 1.56. The van der Waals surface area contributed by atoms with Crippen LogP contribution in [-0.4, -0.2) is 67.8 Å². The van der Waals surface area contributed by atoms with E-state index in [-0.39, 0.29) is 0 Å². The largest absolute Gasteiger partial charge is 0.401 e. The monoisotopic (exact) mass is 251 g/mol. The van der Waals surface area contributed by atoms with Crippen LogP contribution >= 0.6 is 0 Å². The second-order valence-electron chi connectivity index (χ2n) is 4.96. The van der Waals surface area contributed by atoms with Gasteiger partial charge in [-0.25, -0.2) is 0 Å². The Hall–Kier alpha value is -0.330. The average Bonchev–Trinajstić information content (AvgIpc) is 3.02. The molecule has 17 heavy (non-hydrogen) atoms. The molecule has 2 aliphatic rings. The Bertz CT molecular complexity index is 233. The number of piperazine rings is 1. The van der Waals surface area contributed by atoms with Crippen molar-refractivity contribution < 1.29 is 13.2 Å². The Morgan fingerprint density at radius 2 is 1.59 bits per heavy atom. The molecule has 2 rings (SSSR count). The third kappa shape index (κ3) is 5.23. The molecule has 1 aliphatic carbocycles. The first-order valence-electron chi connectivity index (χ1n) is 6.28. The molecule has 0 aromatic rings. The molecule has 6 heteroatoms. The second-order valence-corrected chi connectivity index (χ2v) is 4.96. The highest BCUT2D eigenvalue weighted by atomic mass is 19.4. The van der Waals surface area contributed by atoms with Gasteiger partial charge in [-0.1, -0.05) is 0 Å². The van der Waals surface area contributed by atoms with Crippen LogP contribution in [0.5, 0.6) is 0 Å². The first kappa shape index (κ1) is 13.1. The zero-order valence-corrected chi connectivity index (χ0v) is 9.97. The molecule has 0 aromatic heterocycles. The predicted molar refractivity (Wildman–Crippen MR) is 60.0 cm³/mol. The van der Waals surface area contributed by atoms with E-state index in [1.165, 1.54) is 17.7 Å².